The molecule has 0 spiro atoms. The summed E-state index contributed by atoms with van der Waals surface area (Å²) < 4.78 is 26.4. The van der Waals surface area contributed by atoms with Gasteiger partial charge in [0.25, 0.3) is 0 Å². The minimum Gasteiger partial charge on any atom is -0.207 e. The van der Waals surface area contributed by atoms with Crippen LogP contribution in [0.1, 0.15) is 5.56 Å². The standard InChI is InChI=1S/C8H6Br2F2/c9-2-1-6-7(11)3-5(10)4-8(6)12/h3-4H,1-2H2. The van der Waals surface area contributed by atoms with E-state index in [2.05, 4.69) is 31.9 Å². The highest BCUT2D eigenvalue weighted by atomic mass is 79.9. The third-order valence-electron chi connectivity index (χ3n) is 1.45. The van der Waals surface area contributed by atoms with Gasteiger partial charge in [0.15, 0.2) is 0 Å². The topological polar surface area (TPSA) is 0 Å². The fraction of sp³-hybridized carbons (Fsp3) is 0.250. The van der Waals surface area contributed by atoms with Crippen molar-refractivity contribution in [2.75, 3.05) is 5.33 Å². The van der Waals surface area contributed by atoms with E-state index in [0.717, 1.165) is 0 Å². The quantitative estimate of drug-likeness (QED) is 0.731. The van der Waals surface area contributed by atoms with Crippen LogP contribution >= 0.6 is 31.9 Å². The van der Waals surface area contributed by atoms with E-state index in [-0.39, 0.29) is 5.56 Å². The van der Waals surface area contributed by atoms with Crippen molar-refractivity contribution in [1.82, 2.24) is 0 Å². The second-order valence-electron chi connectivity index (χ2n) is 2.29. The molecule has 0 unspecified atom stereocenters. The first-order chi connectivity index (χ1) is 5.65. The summed E-state index contributed by atoms with van der Waals surface area (Å²) in [7, 11) is 0. The molecule has 66 valence electrons. The fourth-order valence-corrected chi connectivity index (χ4v) is 1.70. The van der Waals surface area contributed by atoms with Crippen molar-refractivity contribution in [3.05, 3.63) is 33.8 Å². The van der Waals surface area contributed by atoms with Gasteiger partial charge in [-0.25, -0.2) is 8.78 Å². The Hall–Kier alpha value is 0.0400. The maximum absolute atomic E-state index is 13.0. The minimum absolute atomic E-state index is 0.134. The second kappa shape index (κ2) is 4.33. The summed E-state index contributed by atoms with van der Waals surface area (Å²) in [4.78, 5) is 0. The van der Waals surface area contributed by atoms with Crippen LogP contribution in [0.5, 0.6) is 0 Å². The van der Waals surface area contributed by atoms with E-state index < -0.39 is 11.6 Å². The van der Waals surface area contributed by atoms with Gasteiger partial charge in [-0.15, -0.1) is 0 Å². The molecule has 12 heavy (non-hydrogen) atoms. The number of hydrogen-bond donors (Lipinski definition) is 0. The third-order valence-corrected chi connectivity index (χ3v) is 2.30. The first-order valence-electron chi connectivity index (χ1n) is 3.34. The maximum atomic E-state index is 13.0. The number of benzene rings is 1. The number of halogens is 4. The molecule has 0 bridgehead atoms. The average molecular weight is 300 g/mol. The Bertz CT molecular complexity index is 263. The van der Waals surface area contributed by atoms with Gasteiger partial charge >= 0.3 is 0 Å². The summed E-state index contributed by atoms with van der Waals surface area (Å²) in [6.07, 6.45) is 0.366. The number of hydrogen-bond acceptors (Lipinski definition) is 0. The van der Waals surface area contributed by atoms with E-state index in [1.807, 2.05) is 0 Å². The predicted octanol–water partition coefficient (Wildman–Crippen LogP) is 3.66. The predicted molar refractivity (Wildman–Crippen MR) is 51.6 cm³/mol. The first-order valence-corrected chi connectivity index (χ1v) is 5.26. The molecule has 1 aromatic rings. The molecule has 0 radical (unpaired) electrons. The molecule has 0 atom stereocenters. The van der Waals surface area contributed by atoms with Crippen molar-refractivity contribution in [2.45, 2.75) is 6.42 Å². The highest BCUT2D eigenvalue weighted by Gasteiger charge is 2.08. The Morgan fingerprint density at radius 3 is 2.08 bits per heavy atom. The lowest BCUT2D eigenvalue weighted by Gasteiger charge is -2.02. The molecule has 0 N–H and O–H groups in total. The molecule has 1 rings (SSSR count). The Balaban J connectivity index is 3.10. The lowest BCUT2D eigenvalue weighted by Crippen LogP contribution is -1.96. The zero-order valence-electron chi connectivity index (χ0n) is 6.08. The third kappa shape index (κ3) is 2.26. The highest BCUT2D eigenvalue weighted by Crippen LogP contribution is 2.20. The van der Waals surface area contributed by atoms with Crippen molar-refractivity contribution >= 4 is 31.9 Å². The second-order valence-corrected chi connectivity index (χ2v) is 4.00. The molecule has 0 aliphatic heterocycles. The van der Waals surface area contributed by atoms with Crippen molar-refractivity contribution in [3.8, 4) is 0 Å². The lowest BCUT2D eigenvalue weighted by atomic mass is 10.1. The molecule has 0 saturated carbocycles. The zero-order chi connectivity index (χ0) is 9.14. The SMILES string of the molecule is Fc1cc(Br)cc(F)c1CCBr. The van der Waals surface area contributed by atoms with E-state index in [4.69, 9.17) is 0 Å². The Morgan fingerprint density at radius 2 is 1.67 bits per heavy atom. The van der Waals surface area contributed by atoms with Crippen LogP contribution in [0.3, 0.4) is 0 Å². The summed E-state index contributed by atoms with van der Waals surface area (Å²) in [6.45, 7) is 0. The maximum Gasteiger partial charge on any atom is 0.130 e. The van der Waals surface area contributed by atoms with Crippen LogP contribution in [0.25, 0.3) is 0 Å². The van der Waals surface area contributed by atoms with E-state index in [0.29, 0.717) is 16.2 Å². The smallest absolute Gasteiger partial charge is 0.130 e. The van der Waals surface area contributed by atoms with Crippen molar-refractivity contribution in [1.29, 1.82) is 0 Å². The van der Waals surface area contributed by atoms with Gasteiger partial charge in [0.2, 0.25) is 0 Å². The van der Waals surface area contributed by atoms with Gasteiger partial charge in [0.05, 0.1) is 0 Å². The van der Waals surface area contributed by atoms with Crippen LogP contribution < -0.4 is 0 Å². The van der Waals surface area contributed by atoms with Crippen LogP contribution in [0, 0.1) is 11.6 Å². The van der Waals surface area contributed by atoms with Gasteiger partial charge in [-0.3, -0.25) is 0 Å². The van der Waals surface area contributed by atoms with Crippen LogP contribution in [0.4, 0.5) is 8.78 Å². The van der Waals surface area contributed by atoms with Gasteiger partial charge in [-0.2, -0.15) is 0 Å². The van der Waals surface area contributed by atoms with Crippen LogP contribution in [0.15, 0.2) is 16.6 Å². The summed E-state index contributed by atoms with van der Waals surface area (Å²) in [6, 6.07) is 2.53. The minimum atomic E-state index is -0.499. The van der Waals surface area contributed by atoms with Gasteiger partial charge in [0, 0.05) is 15.4 Å². The first kappa shape index (κ1) is 10.1. The normalized spacial score (nSPS) is 10.3. The van der Waals surface area contributed by atoms with Crippen molar-refractivity contribution < 1.29 is 8.78 Å². The lowest BCUT2D eigenvalue weighted by molar-refractivity contribution is 0.558. The Kier molecular flexibility index (Phi) is 3.65. The largest absolute Gasteiger partial charge is 0.207 e. The molecule has 0 amide bonds. The van der Waals surface area contributed by atoms with Gasteiger partial charge < -0.3 is 0 Å². The monoisotopic (exact) mass is 298 g/mol. The molecular formula is C8H6Br2F2. The number of rotatable bonds is 2. The zero-order valence-corrected chi connectivity index (χ0v) is 9.25. The van der Waals surface area contributed by atoms with Gasteiger partial charge in [-0.1, -0.05) is 31.9 Å². The molecule has 0 aliphatic carbocycles. The Morgan fingerprint density at radius 1 is 1.17 bits per heavy atom. The Labute approximate surface area is 86.2 Å². The highest BCUT2D eigenvalue weighted by molar-refractivity contribution is 9.10. The number of alkyl halides is 1. The van der Waals surface area contributed by atoms with Crippen molar-refractivity contribution in [2.24, 2.45) is 0 Å². The molecule has 1 aromatic carbocycles. The molecular weight excluding hydrogens is 294 g/mol. The molecule has 0 saturated heterocycles. The van der Waals surface area contributed by atoms with Crippen LogP contribution in [0.2, 0.25) is 0 Å². The van der Waals surface area contributed by atoms with E-state index in [1.165, 1.54) is 12.1 Å². The molecule has 4 heteroatoms. The van der Waals surface area contributed by atoms with Crippen LogP contribution in [-0.4, -0.2) is 5.33 Å². The average Bonchev–Trinajstić information content (AvgIpc) is 1.96. The molecule has 0 aliphatic rings. The molecule has 0 nitrogen and oxygen atoms in total. The van der Waals surface area contributed by atoms with E-state index in [9.17, 15) is 8.78 Å². The van der Waals surface area contributed by atoms with Gasteiger partial charge in [-0.05, 0) is 18.6 Å². The molecule has 0 heterocycles. The summed E-state index contributed by atoms with van der Waals surface area (Å²) in [5.41, 5.74) is 0.134. The summed E-state index contributed by atoms with van der Waals surface area (Å²) in [5.74, 6) is -0.998. The summed E-state index contributed by atoms with van der Waals surface area (Å²) in [5, 5.41) is 0.558. The fourth-order valence-electron chi connectivity index (χ4n) is 0.905. The van der Waals surface area contributed by atoms with Crippen LogP contribution in [-0.2, 0) is 6.42 Å². The van der Waals surface area contributed by atoms with E-state index >= 15 is 0 Å². The van der Waals surface area contributed by atoms with Crippen molar-refractivity contribution in [3.63, 3.8) is 0 Å². The molecule has 0 aromatic heterocycles. The van der Waals surface area contributed by atoms with Gasteiger partial charge in [0.1, 0.15) is 11.6 Å². The van der Waals surface area contributed by atoms with E-state index in [1.54, 1.807) is 0 Å². The molecule has 0 fully saturated rings. The summed E-state index contributed by atoms with van der Waals surface area (Å²) >= 11 is 6.13.